The van der Waals surface area contributed by atoms with Gasteiger partial charge in [-0.05, 0) is 31.2 Å². The number of pyridine rings is 2. The SMILES string of the molecule is Cc1cc(N/N=C/c2ccccn2)c2cc3c(cc2n1)OCO3. The van der Waals surface area contributed by atoms with Crippen LogP contribution in [-0.2, 0) is 0 Å². The largest absolute Gasteiger partial charge is 0.454 e. The number of hydrazone groups is 1. The Balaban J connectivity index is 1.70. The minimum atomic E-state index is 0.241. The van der Waals surface area contributed by atoms with Gasteiger partial charge in [-0.25, -0.2) is 0 Å². The van der Waals surface area contributed by atoms with Crippen LogP contribution in [0.5, 0.6) is 11.5 Å². The van der Waals surface area contributed by atoms with E-state index in [-0.39, 0.29) is 6.79 Å². The summed E-state index contributed by atoms with van der Waals surface area (Å²) in [6.07, 6.45) is 3.41. The first-order valence-corrected chi connectivity index (χ1v) is 7.21. The third kappa shape index (κ3) is 2.66. The first-order valence-electron chi connectivity index (χ1n) is 7.21. The number of benzene rings is 1. The lowest BCUT2D eigenvalue weighted by Gasteiger charge is -2.08. The summed E-state index contributed by atoms with van der Waals surface area (Å²) >= 11 is 0. The zero-order valence-electron chi connectivity index (χ0n) is 12.5. The minimum absolute atomic E-state index is 0.241. The molecule has 2 aromatic heterocycles. The normalized spacial score (nSPS) is 12.9. The van der Waals surface area contributed by atoms with Crippen molar-refractivity contribution in [3.8, 4) is 11.5 Å². The monoisotopic (exact) mass is 306 g/mol. The molecule has 0 spiro atoms. The minimum Gasteiger partial charge on any atom is -0.454 e. The van der Waals surface area contributed by atoms with Crippen LogP contribution in [-0.4, -0.2) is 23.0 Å². The summed E-state index contributed by atoms with van der Waals surface area (Å²) in [6, 6.07) is 11.4. The van der Waals surface area contributed by atoms with E-state index in [1.807, 2.05) is 43.3 Å². The number of hydrogen-bond donors (Lipinski definition) is 1. The number of rotatable bonds is 3. The molecule has 0 radical (unpaired) electrons. The van der Waals surface area contributed by atoms with Crippen LogP contribution in [0.1, 0.15) is 11.4 Å². The van der Waals surface area contributed by atoms with Gasteiger partial charge in [-0.15, -0.1) is 0 Å². The van der Waals surface area contributed by atoms with Crippen LogP contribution in [0.25, 0.3) is 10.9 Å². The molecule has 0 bridgehead atoms. The molecule has 1 aromatic carbocycles. The molecule has 114 valence electrons. The van der Waals surface area contributed by atoms with Crippen LogP contribution in [0.3, 0.4) is 0 Å². The van der Waals surface area contributed by atoms with Crippen molar-refractivity contribution in [3.05, 3.63) is 54.0 Å². The molecule has 3 aromatic rings. The zero-order valence-corrected chi connectivity index (χ0v) is 12.5. The summed E-state index contributed by atoms with van der Waals surface area (Å²) in [5.74, 6) is 1.44. The molecule has 0 saturated carbocycles. The van der Waals surface area contributed by atoms with Crippen molar-refractivity contribution < 1.29 is 9.47 Å². The second-order valence-electron chi connectivity index (χ2n) is 5.16. The van der Waals surface area contributed by atoms with Gasteiger partial charge in [-0.1, -0.05) is 6.07 Å². The number of ether oxygens (including phenoxy) is 2. The molecule has 6 heteroatoms. The van der Waals surface area contributed by atoms with Crippen molar-refractivity contribution in [1.29, 1.82) is 0 Å². The molecule has 0 unspecified atom stereocenters. The highest BCUT2D eigenvalue weighted by Crippen LogP contribution is 2.38. The molecule has 0 fully saturated rings. The van der Waals surface area contributed by atoms with Crippen molar-refractivity contribution in [2.75, 3.05) is 12.2 Å². The summed E-state index contributed by atoms with van der Waals surface area (Å²) < 4.78 is 10.8. The molecule has 0 atom stereocenters. The number of anilines is 1. The quantitative estimate of drug-likeness (QED) is 0.595. The fourth-order valence-corrected chi connectivity index (χ4v) is 2.46. The fraction of sp³-hybridized carbons (Fsp3) is 0.118. The first kappa shape index (κ1) is 13.5. The van der Waals surface area contributed by atoms with E-state index in [2.05, 4.69) is 20.5 Å². The lowest BCUT2D eigenvalue weighted by molar-refractivity contribution is 0.174. The molecule has 0 aliphatic carbocycles. The van der Waals surface area contributed by atoms with Gasteiger partial charge in [0.25, 0.3) is 0 Å². The summed E-state index contributed by atoms with van der Waals surface area (Å²) in [7, 11) is 0. The molecule has 0 amide bonds. The van der Waals surface area contributed by atoms with Gasteiger partial charge in [0.1, 0.15) is 0 Å². The zero-order chi connectivity index (χ0) is 15.6. The van der Waals surface area contributed by atoms with Crippen molar-refractivity contribution >= 4 is 22.8 Å². The van der Waals surface area contributed by atoms with E-state index in [4.69, 9.17) is 9.47 Å². The van der Waals surface area contributed by atoms with Crippen LogP contribution in [0.4, 0.5) is 5.69 Å². The van der Waals surface area contributed by atoms with Crippen LogP contribution in [0.2, 0.25) is 0 Å². The maximum Gasteiger partial charge on any atom is 0.231 e. The van der Waals surface area contributed by atoms with E-state index in [9.17, 15) is 0 Å². The van der Waals surface area contributed by atoms with Gasteiger partial charge in [0, 0.05) is 23.3 Å². The topological polar surface area (TPSA) is 68.6 Å². The molecular formula is C17H14N4O2. The Bertz CT molecular complexity index is 894. The van der Waals surface area contributed by atoms with Crippen molar-refractivity contribution in [1.82, 2.24) is 9.97 Å². The van der Waals surface area contributed by atoms with Gasteiger partial charge >= 0.3 is 0 Å². The average molecular weight is 306 g/mol. The van der Waals surface area contributed by atoms with Crippen LogP contribution in [0.15, 0.2) is 47.7 Å². The van der Waals surface area contributed by atoms with Crippen LogP contribution in [0, 0.1) is 6.92 Å². The van der Waals surface area contributed by atoms with Gasteiger partial charge in [0.05, 0.1) is 23.1 Å². The number of fused-ring (bicyclic) bond motifs is 2. The Morgan fingerprint density at radius 1 is 1.17 bits per heavy atom. The highest BCUT2D eigenvalue weighted by Gasteiger charge is 2.16. The van der Waals surface area contributed by atoms with Crippen molar-refractivity contribution in [2.24, 2.45) is 5.10 Å². The van der Waals surface area contributed by atoms with E-state index < -0.39 is 0 Å². The van der Waals surface area contributed by atoms with E-state index in [1.165, 1.54) is 0 Å². The molecule has 3 heterocycles. The molecule has 4 rings (SSSR count). The molecule has 23 heavy (non-hydrogen) atoms. The third-order valence-corrected chi connectivity index (χ3v) is 3.50. The van der Waals surface area contributed by atoms with E-state index in [0.717, 1.165) is 39.5 Å². The van der Waals surface area contributed by atoms with Crippen LogP contribution < -0.4 is 14.9 Å². The molecular weight excluding hydrogens is 292 g/mol. The lowest BCUT2D eigenvalue weighted by Crippen LogP contribution is -1.95. The highest BCUT2D eigenvalue weighted by atomic mass is 16.7. The van der Waals surface area contributed by atoms with Gasteiger partial charge in [0.2, 0.25) is 6.79 Å². The van der Waals surface area contributed by atoms with E-state index in [0.29, 0.717) is 0 Å². The van der Waals surface area contributed by atoms with Crippen molar-refractivity contribution in [3.63, 3.8) is 0 Å². The Kier molecular flexibility index (Phi) is 3.27. The first-order chi connectivity index (χ1) is 11.3. The second-order valence-corrected chi connectivity index (χ2v) is 5.16. The smallest absolute Gasteiger partial charge is 0.231 e. The Hall–Kier alpha value is -3.15. The van der Waals surface area contributed by atoms with Gasteiger partial charge in [-0.2, -0.15) is 5.10 Å². The number of hydrogen-bond acceptors (Lipinski definition) is 6. The number of nitrogens with one attached hydrogen (secondary N) is 1. The molecule has 1 N–H and O–H groups in total. The average Bonchev–Trinajstić information content (AvgIpc) is 3.01. The number of nitrogens with zero attached hydrogens (tertiary/aromatic N) is 3. The summed E-state index contributed by atoms with van der Waals surface area (Å²) in [6.45, 7) is 2.18. The standard InChI is InChI=1S/C17H14N4O2/c1-11-6-15(21-19-9-12-4-2-3-5-18-12)13-7-16-17(23-10-22-16)8-14(13)20-11/h2-9H,10H2,1H3,(H,20,21)/b19-9+. The predicted octanol–water partition coefficient (Wildman–Crippen LogP) is 3.11. The number of aromatic nitrogens is 2. The lowest BCUT2D eigenvalue weighted by atomic mass is 10.1. The predicted molar refractivity (Wildman–Crippen MR) is 88.1 cm³/mol. The van der Waals surface area contributed by atoms with Crippen molar-refractivity contribution in [2.45, 2.75) is 6.92 Å². The van der Waals surface area contributed by atoms with Gasteiger partial charge in [-0.3, -0.25) is 15.4 Å². The summed E-state index contributed by atoms with van der Waals surface area (Å²) in [5, 5.41) is 5.19. The highest BCUT2D eigenvalue weighted by molar-refractivity contribution is 5.94. The number of aryl methyl sites for hydroxylation is 1. The third-order valence-electron chi connectivity index (χ3n) is 3.50. The Labute approximate surface area is 132 Å². The van der Waals surface area contributed by atoms with Gasteiger partial charge < -0.3 is 9.47 Å². The van der Waals surface area contributed by atoms with Crippen LogP contribution >= 0.6 is 0 Å². The maximum absolute atomic E-state index is 5.44. The molecule has 1 aliphatic rings. The maximum atomic E-state index is 5.44. The molecule has 1 aliphatic heterocycles. The van der Waals surface area contributed by atoms with E-state index in [1.54, 1.807) is 12.4 Å². The summed E-state index contributed by atoms with van der Waals surface area (Å²) in [4.78, 5) is 8.74. The van der Waals surface area contributed by atoms with Gasteiger partial charge in [0.15, 0.2) is 11.5 Å². The second kappa shape index (κ2) is 5.57. The Morgan fingerprint density at radius 3 is 2.87 bits per heavy atom. The van der Waals surface area contributed by atoms with E-state index >= 15 is 0 Å². The molecule has 6 nitrogen and oxygen atoms in total. The summed E-state index contributed by atoms with van der Waals surface area (Å²) in [5.41, 5.74) is 6.44. The fourth-order valence-electron chi connectivity index (χ4n) is 2.46. The molecule has 0 saturated heterocycles. The Morgan fingerprint density at radius 2 is 2.04 bits per heavy atom.